The third kappa shape index (κ3) is 6.64. The standard InChI is InChI=1S/C24H32N4O3/c1-4-25-24(27-16-19-7-6-17(3)14-22(19)30-5-2)26-12-13-31-20-9-10-21-18(15-20)8-11-23(29)28-21/h6-7,9-10,14-15H,4-5,8,11-13,16H2,1-3H3,(H,28,29)(H2,25,26,27). The molecule has 0 atom stereocenters. The quantitative estimate of drug-likeness (QED) is 0.326. The fraction of sp³-hybridized carbons (Fsp3) is 0.417. The Morgan fingerprint density at radius 3 is 2.77 bits per heavy atom. The van der Waals surface area contributed by atoms with Gasteiger partial charge in [0.1, 0.15) is 18.1 Å². The highest BCUT2D eigenvalue weighted by Crippen LogP contribution is 2.26. The average Bonchev–Trinajstić information content (AvgIpc) is 2.76. The van der Waals surface area contributed by atoms with E-state index in [4.69, 9.17) is 9.47 Å². The molecule has 0 saturated heterocycles. The van der Waals surface area contributed by atoms with Crippen LogP contribution in [0.3, 0.4) is 0 Å². The van der Waals surface area contributed by atoms with Gasteiger partial charge in [-0.2, -0.15) is 0 Å². The lowest BCUT2D eigenvalue weighted by atomic mass is 10.0. The molecule has 7 nitrogen and oxygen atoms in total. The van der Waals surface area contributed by atoms with Gasteiger partial charge >= 0.3 is 0 Å². The van der Waals surface area contributed by atoms with Crippen LogP contribution in [0.4, 0.5) is 5.69 Å². The van der Waals surface area contributed by atoms with Crippen molar-refractivity contribution >= 4 is 17.6 Å². The Kier molecular flexibility index (Phi) is 8.15. The van der Waals surface area contributed by atoms with Gasteiger partial charge in [0.25, 0.3) is 0 Å². The predicted octanol–water partition coefficient (Wildman–Crippen LogP) is 3.41. The highest BCUT2D eigenvalue weighted by molar-refractivity contribution is 5.94. The van der Waals surface area contributed by atoms with Crippen molar-refractivity contribution in [3.8, 4) is 11.5 Å². The monoisotopic (exact) mass is 424 g/mol. The molecule has 0 fully saturated rings. The number of nitrogens with zero attached hydrogens (tertiary/aromatic N) is 1. The highest BCUT2D eigenvalue weighted by atomic mass is 16.5. The molecule has 0 bridgehead atoms. The van der Waals surface area contributed by atoms with Crippen LogP contribution in [0.15, 0.2) is 41.4 Å². The molecule has 0 saturated carbocycles. The molecule has 3 rings (SSSR count). The summed E-state index contributed by atoms with van der Waals surface area (Å²) in [6.45, 7) is 9.13. The number of rotatable bonds is 9. The zero-order valence-electron chi connectivity index (χ0n) is 18.6. The van der Waals surface area contributed by atoms with E-state index in [-0.39, 0.29) is 5.91 Å². The number of fused-ring (bicyclic) bond motifs is 1. The van der Waals surface area contributed by atoms with Gasteiger partial charge in [0, 0.05) is 24.2 Å². The molecule has 0 spiro atoms. The summed E-state index contributed by atoms with van der Waals surface area (Å²) in [6.07, 6.45) is 1.27. The zero-order chi connectivity index (χ0) is 22.1. The molecular formula is C24H32N4O3. The van der Waals surface area contributed by atoms with Crippen LogP contribution >= 0.6 is 0 Å². The van der Waals surface area contributed by atoms with E-state index in [9.17, 15) is 4.79 Å². The zero-order valence-corrected chi connectivity index (χ0v) is 18.6. The lowest BCUT2D eigenvalue weighted by Gasteiger charge is -2.18. The first-order chi connectivity index (χ1) is 15.1. The lowest BCUT2D eigenvalue weighted by Crippen LogP contribution is -2.39. The second kappa shape index (κ2) is 11.2. The molecular weight excluding hydrogens is 392 g/mol. The molecule has 1 aliphatic heterocycles. The fourth-order valence-corrected chi connectivity index (χ4v) is 3.38. The van der Waals surface area contributed by atoms with Crippen LogP contribution in [0.5, 0.6) is 11.5 Å². The lowest BCUT2D eigenvalue weighted by molar-refractivity contribution is -0.116. The predicted molar refractivity (Wildman–Crippen MR) is 124 cm³/mol. The largest absolute Gasteiger partial charge is 0.494 e. The Morgan fingerprint density at radius 2 is 1.97 bits per heavy atom. The second-order valence-electron chi connectivity index (χ2n) is 7.38. The molecule has 0 unspecified atom stereocenters. The Bertz CT molecular complexity index is 927. The van der Waals surface area contributed by atoms with Gasteiger partial charge in [0.15, 0.2) is 5.96 Å². The minimum Gasteiger partial charge on any atom is -0.494 e. The number of anilines is 1. The van der Waals surface area contributed by atoms with Crippen molar-refractivity contribution in [3.63, 3.8) is 0 Å². The molecule has 166 valence electrons. The van der Waals surface area contributed by atoms with Gasteiger partial charge in [-0.25, -0.2) is 4.99 Å². The normalized spacial score (nSPS) is 13.3. The number of ether oxygens (including phenoxy) is 2. The van der Waals surface area contributed by atoms with Gasteiger partial charge in [-0.1, -0.05) is 12.1 Å². The fourth-order valence-electron chi connectivity index (χ4n) is 3.38. The number of guanidine groups is 1. The molecule has 0 aromatic heterocycles. The Balaban J connectivity index is 1.52. The first kappa shape index (κ1) is 22.5. The van der Waals surface area contributed by atoms with Crippen molar-refractivity contribution in [2.45, 2.75) is 40.2 Å². The molecule has 0 radical (unpaired) electrons. The molecule has 2 aromatic carbocycles. The summed E-state index contributed by atoms with van der Waals surface area (Å²) in [4.78, 5) is 16.2. The maximum atomic E-state index is 11.5. The first-order valence-electron chi connectivity index (χ1n) is 10.9. The highest BCUT2D eigenvalue weighted by Gasteiger charge is 2.15. The average molecular weight is 425 g/mol. The van der Waals surface area contributed by atoms with Crippen LogP contribution in [0.1, 0.15) is 37.0 Å². The Labute approximate surface area is 184 Å². The maximum Gasteiger partial charge on any atom is 0.224 e. The minimum absolute atomic E-state index is 0.0691. The van der Waals surface area contributed by atoms with E-state index in [1.807, 2.05) is 38.1 Å². The number of carbonyl (C=O) groups excluding carboxylic acids is 1. The molecule has 1 heterocycles. The summed E-state index contributed by atoms with van der Waals surface area (Å²) in [6, 6.07) is 12.0. The van der Waals surface area contributed by atoms with Crippen molar-refractivity contribution in [1.82, 2.24) is 10.6 Å². The van der Waals surface area contributed by atoms with Gasteiger partial charge in [-0.15, -0.1) is 0 Å². The van der Waals surface area contributed by atoms with E-state index < -0.39 is 0 Å². The summed E-state index contributed by atoms with van der Waals surface area (Å²) in [7, 11) is 0. The number of aryl methyl sites for hydroxylation is 2. The van der Waals surface area contributed by atoms with E-state index >= 15 is 0 Å². The van der Waals surface area contributed by atoms with Crippen molar-refractivity contribution in [2.75, 3.05) is 31.6 Å². The van der Waals surface area contributed by atoms with Crippen molar-refractivity contribution in [2.24, 2.45) is 4.99 Å². The minimum atomic E-state index is 0.0691. The molecule has 7 heteroatoms. The maximum absolute atomic E-state index is 11.5. The molecule has 2 aromatic rings. The van der Waals surface area contributed by atoms with Gasteiger partial charge in [0.05, 0.1) is 19.7 Å². The van der Waals surface area contributed by atoms with E-state index in [1.165, 1.54) is 5.56 Å². The number of aliphatic imine (C=N–C) groups is 1. The molecule has 0 aliphatic carbocycles. The number of carbonyl (C=O) groups is 1. The topological polar surface area (TPSA) is 84.0 Å². The number of benzene rings is 2. The molecule has 31 heavy (non-hydrogen) atoms. The van der Waals surface area contributed by atoms with Crippen LogP contribution in [-0.4, -0.2) is 38.2 Å². The number of hydrogen-bond donors (Lipinski definition) is 3. The summed E-state index contributed by atoms with van der Waals surface area (Å²) in [5.74, 6) is 2.50. The summed E-state index contributed by atoms with van der Waals surface area (Å²) in [5.41, 5.74) is 4.22. The molecule has 1 amide bonds. The third-order valence-electron chi connectivity index (χ3n) is 4.91. The second-order valence-corrected chi connectivity index (χ2v) is 7.38. The van der Waals surface area contributed by atoms with Gasteiger partial charge in [-0.3, -0.25) is 4.79 Å². The van der Waals surface area contributed by atoms with E-state index in [0.29, 0.717) is 32.7 Å². The van der Waals surface area contributed by atoms with Gasteiger partial charge in [-0.05, 0) is 62.6 Å². The first-order valence-corrected chi connectivity index (χ1v) is 10.9. The molecule has 1 aliphatic rings. The van der Waals surface area contributed by atoms with Gasteiger partial charge < -0.3 is 25.4 Å². The van der Waals surface area contributed by atoms with Crippen LogP contribution < -0.4 is 25.4 Å². The smallest absolute Gasteiger partial charge is 0.224 e. The summed E-state index contributed by atoms with van der Waals surface area (Å²) >= 11 is 0. The summed E-state index contributed by atoms with van der Waals surface area (Å²) in [5, 5.41) is 9.46. The Morgan fingerprint density at radius 1 is 1.10 bits per heavy atom. The van der Waals surface area contributed by atoms with Crippen molar-refractivity contribution in [3.05, 3.63) is 53.1 Å². The van der Waals surface area contributed by atoms with Crippen LogP contribution in [-0.2, 0) is 17.8 Å². The SMILES string of the molecule is CCNC(=NCc1ccc(C)cc1OCC)NCCOc1ccc2c(c1)CCC(=O)N2. The van der Waals surface area contributed by atoms with E-state index in [1.54, 1.807) is 0 Å². The third-order valence-corrected chi connectivity index (χ3v) is 4.91. The van der Waals surface area contributed by atoms with Crippen LogP contribution in [0, 0.1) is 6.92 Å². The Hall–Kier alpha value is -3.22. The number of hydrogen-bond acceptors (Lipinski definition) is 4. The van der Waals surface area contributed by atoms with Gasteiger partial charge in [0.2, 0.25) is 5.91 Å². The van der Waals surface area contributed by atoms with Crippen molar-refractivity contribution in [1.29, 1.82) is 0 Å². The van der Waals surface area contributed by atoms with E-state index in [2.05, 4.69) is 40.0 Å². The number of amides is 1. The summed E-state index contributed by atoms with van der Waals surface area (Å²) < 4.78 is 11.6. The van der Waals surface area contributed by atoms with Crippen molar-refractivity contribution < 1.29 is 14.3 Å². The van der Waals surface area contributed by atoms with E-state index in [0.717, 1.165) is 47.2 Å². The molecule has 3 N–H and O–H groups in total. The number of nitrogens with one attached hydrogen (secondary N) is 3. The van der Waals surface area contributed by atoms with Crippen LogP contribution in [0.25, 0.3) is 0 Å². The van der Waals surface area contributed by atoms with Crippen LogP contribution in [0.2, 0.25) is 0 Å².